The van der Waals surface area contributed by atoms with E-state index in [-0.39, 0.29) is 0 Å². The maximum absolute atomic E-state index is 3.71. The average molecular weight is 243 g/mol. The molecule has 1 fully saturated rings. The minimum Gasteiger partial charge on any atom is -0.313 e. The van der Waals surface area contributed by atoms with E-state index >= 15 is 0 Å². The van der Waals surface area contributed by atoms with Gasteiger partial charge >= 0.3 is 0 Å². The Balaban J connectivity index is 2.05. The average Bonchev–Trinajstić information content (AvgIpc) is 2.74. The van der Waals surface area contributed by atoms with Gasteiger partial charge in [-0.1, -0.05) is 46.0 Å². The van der Waals surface area contributed by atoms with E-state index in [1.54, 1.807) is 0 Å². The van der Waals surface area contributed by atoms with Gasteiger partial charge in [-0.25, -0.2) is 0 Å². The largest absolute Gasteiger partial charge is 0.313 e. The summed E-state index contributed by atoms with van der Waals surface area (Å²) in [5, 5.41) is 3.71. The highest BCUT2D eigenvalue weighted by atomic mass is 32.2. The highest BCUT2D eigenvalue weighted by Crippen LogP contribution is 2.28. The van der Waals surface area contributed by atoms with Crippen LogP contribution in [0.5, 0.6) is 0 Å². The van der Waals surface area contributed by atoms with Crippen LogP contribution < -0.4 is 5.32 Å². The van der Waals surface area contributed by atoms with Crippen molar-refractivity contribution < 1.29 is 0 Å². The van der Waals surface area contributed by atoms with Crippen molar-refractivity contribution in [1.82, 2.24) is 5.32 Å². The molecule has 0 radical (unpaired) electrons. The van der Waals surface area contributed by atoms with Crippen molar-refractivity contribution in [2.45, 2.75) is 64.8 Å². The Kier molecular flexibility index (Phi) is 8.40. The molecular formula is C14H29NS. The summed E-state index contributed by atoms with van der Waals surface area (Å²) < 4.78 is 0. The monoisotopic (exact) mass is 243 g/mol. The van der Waals surface area contributed by atoms with Crippen molar-refractivity contribution in [1.29, 1.82) is 0 Å². The van der Waals surface area contributed by atoms with Crippen LogP contribution in [0.3, 0.4) is 0 Å². The van der Waals surface area contributed by atoms with Crippen molar-refractivity contribution in [2.24, 2.45) is 5.92 Å². The highest BCUT2D eigenvalue weighted by molar-refractivity contribution is 7.99. The van der Waals surface area contributed by atoms with Gasteiger partial charge in [-0.15, -0.1) is 0 Å². The molecule has 16 heavy (non-hydrogen) atoms. The zero-order valence-corrected chi connectivity index (χ0v) is 12.0. The molecular weight excluding hydrogens is 214 g/mol. The van der Waals surface area contributed by atoms with Crippen LogP contribution in [0.25, 0.3) is 0 Å². The molecule has 0 aromatic carbocycles. The van der Waals surface area contributed by atoms with Gasteiger partial charge < -0.3 is 5.32 Å². The normalized spacial score (nSPS) is 25.1. The van der Waals surface area contributed by atoms with Crippen molar-refractivity contribution in [3.63, 3.8) is 0 Å². The van der Waals surface area contributed by atoms with Crippen LogP contribution in [0, 0.1) is 5.92 Å². The van der Waals surface area contributed by atoms with Gasteiger partial charge in [0.05, 0.1) is 0 Å². The van der Waals surface area contributed by atoms with Crippen molar-refractivity contribution in [2.75, 3.05) is 18.1 Å². The molecule has 1 N–H and O–H groups in total. The van der Waals surface area contributed by atoms with E-state index < -0.39 is 0 Å². The molecule has 0 aromatic rings. The molecule has 0 spiro atoms. The van der Waals surface area contributed by atoms with Gasteiger partial charge in [-0.05, 0) is 31.1 Å². The minimum atomic E-state index is 0.816. The molecule has 1 aliphatic rings. The smallest absolute Gasteiger partial charge is 0.0194 e. The molecule has 2 atom stereocenters. The van der Waals surface area contributed by atoms with E-state index in [2.05, 4.69) is 30.9 Å². The molecule has 2 unspecified atom stereocenters. The quantitative estimate of drug-likeness (QED) is 0.612. The number of hydrogen-bond donors (Lipinski definition) is 1. The lowest BCUT2D eigenvalue weighted by Gasteiger charge is -2.19. The van der Waals surface area contributed by atoms with Crippen molar-refractivity contribution in [3.05, 3.63) is 0 Å². The van der Waals surface area contributed by atoms with Crippen molar-refractivity contribution in [3.8, 4) is 0 Å². The van der Waals surface area contributed by atoms with Crippen LogP contribution in [-0.2, 0) is 0 Å². The third kappa shape index (κ3) is 5.58. The third-order valence-electron chi connectivity index (χ3n) is 3.53. The summed E-state index contributed by atoms with van der Waals surface area (Å²) in [4.78, 5) is 0. The SMILES string of the molecule is CCCCCCCC1CSCC1NCCC. The predicted octanol–water partition coefficient (Wildman–Crippen LogP) is 4.08. The van der Waals surface area contributed by atoms with E-state index in [1.165, 1.54) is 63.0 Å². The minimum absolute atomic E-state index is 0.816. The molecule has 96 valence electrons. The molecule has 0 amide bonds. The van der Waals surface area contributed by atoms with Crippen LogP contribution >= 0.6 is 11.8 Å². The molecule has 1 saturated heterocycles. The third-order valence-corrected chi connectivity index (χ3v) is 4.79. The topological polar surface area (TPSA) is 12.0 Å². The summed E-state index contributed by atoms with van der Waals surface area (Å²) in [6.45, 7) is 5.75. The Morgan fingerprint density at radius 3 is 2.56 bits per heavy atom. The number of hydrogen-bond acceptors (Lipinski definition) is 2. The first-order valence-electron chi connectivity index (χ1n) is 7.19. The summed E-state index contributed by atoms with van der Waals surface area (Å²) in [6.07, 6.45) is 9.87. The second kappa shape index (κ2) is 9.35. The Hall–Kier alpha value is 0.310. The fourth-order valence-corrected chi connectivity index (χ4v) is 3.93. The Bertz CT molecular complexity index is 161. The second-order valence-electron chi connectivity index (χ2n) is 5.06. The first-order valence-corrected chi connectivity index (χ1v) is 8.35. The first-order chi connectivity index (χ1) is 7.88. The molecule has 0 bridgehead atoms. The number of nitrogens with one attached hydrogen (secondary N) is 1. The van der Waals surface area contributed by atoms with Gasteiger partial charge in [-0.3, -0.25) is 0 Å². The van der Waals surface area contributed by atoms with Gasteiger partial charge in [0.1, 0.15) is 0 Å². The molecule has 1 rings (SSSR count). The lowest BCUT2D eigenvalue weighted by Crippen LogP contribution is -2.35. The lowest BCUT2D eigenvalue weighted by molar-refractivity contribution is 0.389. The molecule has 1 nitrogen and oxygen atoms in total. The predicted molar refractivity (Wildman–Crippen MR) is 76.3 cm³/mol. The number of thioether (sulfide) groups is 1. The molecule has 2 heteroatoms. The van der Waals surface area contributed by atoms with E-state index in [0.717, 1.165) is 12.0 Å². The van der Waals surface area contributed by atoms with Crippen LogP contribution in [-0.4, -0.2) is 24.1 Å². The second-order valence-corrected chi connectivity index (χ2v) is 6.14. The van der Waals surface area contributed by atoms with E-state index in [9.17, 15) is 0 Å². The highest BCUT2D eigenvalue weighted by Gasteiger charge is 2.26. The summed E-state index contributed by atoms with van der Waals surface area (Å²) >= 11 is 2.15. The fraction of sp³-hybridized carbons (Fsp3) is 1.00. The zero-order valence-electron chi connectivity index (χ0n) is 11.1. The summed E-state index contributed by atoms with van der Waals surface area (Å²) in [6, 6.07) is 0.816. The van der Waals surface area contributed by atoms with E-state index in [4.69, 9.17) is 0 Å². The van der Waals surface area contributed by atoms with Gasteiger partial charge in [0.25, 0.3) is 0 Å². The Morgan fingerprint density at radius 1 is 1.00 bits per heavy atom. The van der Waals surface area contributed by atoms with E-state index in [1.807, 2.05) is 0 Å². The van der Waals surface area contributed by atoms with Crippen LogP contribution in [0.2, 0.25) is 0 Å². The number of unbranched alkanes of at least 4 members (excludes halogenated alkanes) is 4. The van der Waals surface area contributed by atoms with Gasteiger partial charge in [-0.2, -0.15) is 11.8 Å². The Labute approximate surface area is 106 Å². The fourth-order valence-electron chi connectivity index (χ4n) is 2.45. The molecule has 0 saturated carbocycles. The maximum atomic E-state index is 3.71. The van der Waals surface area contributed by atoms with Gasteiger partial charge in [0.15, 0.2) is 0 Å². The maximum Gasteiger partial charge on any atom is 0.0194 e. The first kappa shape index (κ1) is 14.4. The standard InChI is InChI=1S/C14H29NS/c1-3-5-6-7-8-9-13-11-16-12-14(13)15-10-4-2/h13-15H,3-12H2,1-2H3. The zero-order chi connectivity index (χ0) is 11.6. The van der Waals surface area contributed by atoms with Gasteiger partial charge in [0.2, 0.25) is 0 Å². The summed E-state index contributed by atoms with van der Waals surface area (Å²) in [7, 11) is 0. The molecule has 0 aromatic heterocycles. The van der Waals surface area contributed by atoms with E-state index in [0.29, 0.717) is 0 Å². The van der Waals surface area contributed by atoms with Crippen molar-refractivity contribution >= 4 is 11.8 Å². The van der Waals surface area contributed by atoms with Gasteiger partial charge in [0, 0.05) is 11.8 Å². The number of rotatable bonds is 9. The lowest BCUT2D eigenvalue weighted by atomic mass is 9.96. The summed E-state index contributed by atoms with van der Waals surface area (Å²) in [5.74, 6) is 3.70. The summed E-state index contributed by atoms with van der Waals surface area (Å²) in [5.41, 5.74) is 0. The molecule has 1 aliphatic heterocycles. The molecule has 1 heterocycles. The van der Waals surface area contributed by atoms with Crippen LogP contribution in [0.1, 0.15) is 58.8 Å². The molecule has 0 aliphatic carbocycles. The Morgan fingerprint density at radius 2 is 1.81 bits per heavy atom. The van der Waals surface area contributed by atoms with Crippen LogP contribution in [0.15, 0.2) is 0 Å². The van der Waals surface area contributed by atoms with Crippen LogP contribution in [0.4, 0.5) is 0 Å².